The number of anilines is 1. The Balaban J connectivity index is 1.66. The van der Waals surface area contributed by atoms with E-state index in [1.165, 1.54) is 0 Å². The summed E-state index contributed by atoms with van der Waals surface area (Å²) in [4.78, 5) is 26.2. The van der Waals surface area contributed by atoms with Gasteiger partial charge in [0.05, 0.1) is 6.04 Å². The Kier molecular flexibility index (Phi) is 5.09. The van der Waals surface area contributed by atoms with Gasteiger partial charge in [-0.15, -0.1) is 0 Å². The molecule has 3 rings (SSSR count). The maximum absolute atomic E-state index is 12.7. The minimum atomic E-state index is -0.0704. The van der Waals surface area contributed by atoms with Gasteiger partial charge in [0.1, 0.15) is 0 Å². The minimum Gasteiger partial charge on any atom is -0.335 e. The van der Waals surface area contributed by atoms with Crippen LogP contribution < -0.4 is 5.32 Å². The summed E-state index contributed by atoms with van der Waals surface area (Å²) in [5.74, 6) is 0.155. The molecule has 25 heavy (non-hydrogen) atoms. The van der Waals surface area contributed by atoms with Crippen LogP contribution in [-0.2, 0) is 4.79 Å². The third-order valence-electron chi connectivity index (χ3n) is 4.60. The second kappa shape index (κ2) is 7.28. The van der Waals surface area contributed by atoms with Gasteiger partial charge in [0.15, 0.2) is 0 Å². The molecule has 2 amide bonds. The van der Waals surface area contributed by atoms with E-state index < -0.39 is 0 Å². The van der Waals surface area contributed by atoms with Gasteiger partial charge in [0.25, 0.3) is 5.91 Å². The fraction of sp³-hybridized carbons (Fsp3) is 0.300. The van der Waals surface area contributed by atoms with E-state index in [2.05, 4.69) is 5.32 Å². The largest absolute Gasteiger partial charge is 0.335 e. The summed E-state index contributed by atoms with van der Waals surface area (Å²) < 4.78 is 0. The molecule has 0 saturated heterocycles. The fourth-order valence-electron chi connectivity index (χ4n) is 2.63. The van der Waals surface area contributed by atoms with Crippen LogP contribution in [0.2, 0.25) is 5.02 Å². The van der Waals surface area contributed by atoms with Crippen molar-refractivity contribution in [1.29, 1.82) is 0 Å². The van der Waals surface area contributed by atoms with E-state index in [4.69, 9.17) is 11.6 Å². The molecule has 1 saturated carbocycles. The molecule has 1 fully saturated rings. The summed E-state index contributed by atoms with van der Waals surface area (Å²) in [5.41, 5.74) is 2.34. The van der Waals surface area contributed by atoms with E-state index in [-0.39, 0.29) is 23.8 Å². The summed E-state index contributed by atoms with van der Waals surface area (Å²) in [7, 11) is 1.78. The van der Waals surface area contributed by atoms with E-state index in [0.29, 0.717) is 10.6 Å². The summed E-state index contributed by atoms with van der Waals surface area (Å²) in [6.07, 6.45) is 1.94. The van der Waals surface area contributed by atoms with Gasteiger partial charge in [-0.3, -0.25) is 9.59 Å². The van der Waals surface area contributed by atoms with E-state index in [1.54, 1.807) is 36.2 Å². The lowest BCUT2D eigenvalue weighted by Crippen LogP contribution is -2.29. The lowest BCUT2D eigenvalue weighted by Gasteiger charge is -2.25. The first kappa shape index (κ1) is 17.5. The third-order valence-corrected chi connectivity index (χ3v) is 4.85. The molecular formula is C20H21ClN2O2. The molecule has 1 unspecified atom stereocenters. The van der Waals surface area contributed by atoms with Crippen molar-refractivity contribution in [2.45, 2.75) is 25.8 Å². The van der Waals surface area contributed by atoms with Crippen molar-refractivity contribution in [2.75, 3.05) is 12.4 Å². The van der Waals surface area contributed by atoms with Crippen LogP contribution in [0.1, 0.15) is 41.7 Å². The van der Waals surface area contributed by atoms with Crippen molar-refractivity contribution in [3.05, 3.63) is 64.7 Å². The van der Waals surface area contributed by atoms with Crippen molar-refractivity contribution in [3.63, 3.8) is 0 Å². The van der Waals surface area contributed by atoms with Gasteiger partial charge in [0, 0.05) is 29.2 Å². The predicted octanol–water partition coefficient (Wildman–Crippen LogP) is 4.52. The van der Waals surface area contributed by atoms with Crippen LogP contribution >= 0.6 is 11.6 Å². The molecule has 130 valence electrons. The standard InChI is InChI=1S/C20H21ClN2O2/c1-13(14-5-9-17(21)10-6-14)23(2)20(25)16-7-11-18(12-8-16)22-19(24)15-3-4-15/h5-13,15H,3-4H2,1-2H3,(H,22,24). The third kappa shape index (κ3) is 4.20. The van der Waals surface area contributed by atoms with Gasteiger partial charge in [-0.2, -0.15) is 0 Å². The average Bonchev–Trinajstić information content (AvgIpc) is 3.46. The van der Waals surface area contributed by atoms with Crippen molar-refractivity contribution in [2.24, 2.45) is 5.92 Å². The maximum Gasteiger partial charge on any atom is 0.254 e. The summed E-state index contributed by atoms with van der Waals surface area (Å²) in [5, 5.41) is 3.55. The van der Waals surface area contributed by atoms with Gasteiger partial charge >= 0.3 is 0 Å². The first-order chi connectivity index (χ1) is 12.0. The highest BCUT2D eigenvalue weighted by atomic mass is 35.5. The molecule has 0 radical (unpaired) electrons. The minimum absolute atomic E-state index is 0.0626. The van der Waals surface area contributed by atoms with E-state index >= 15 is 0 Å². The first-order valence-corrected chi connectivity index (χ1v) is 8.77. The zero-order valence-electron chi connectivity index (χ0n) is 14.3. The first-order valence-electron chi connectivity index (χ1n) is 8.39. The van der Waals surface area contributed by atoms with Gasteiger partial charge in [-0.25, -0.2) is 0 Å². The van der Waals surface area contributed by atoms with Crippen LogP contribution in [-0.4, -0.2) is 23.8 Å². The van der Waals surface area contributed by atoms with Crippen molar-refractivity contribution in [1.82, 2.24) is 4.90 Å². The van der Waals surface area contributed by atoms with E-state index in [1.807, 2.05) is 31.2 Å². The lowest BCUT2D eigenvalue weighted by atomic mass is 10.1. The van der Waals surface area contributed by atoms with E-state index in [9.17, 15) is 9.59 Å². The highest BCUT2D eigenvalue weighted by molar-refractivity contribution is 6.30. The summed E-state index contributed by atoms with van der Waals surface area (Å²) in [6.45, 7) is 1.98. The molecule has 1 N–H and O–H groups in total. The number of carbonyl (C=O) groups excluding carboxylic acids is 2. The van der Waals surface area contributed by atoms with Gasteiger partial charge < -0.3 is 10.2 Å². The Morgan fingerprint density at radius 3 is 2.24 bits per heavy atom. The molecule has 0 spiro atoms. The van der Waals surface area contributed by atoms with Crippen LogP contribution in [0.25, 0.3) is 0 Å². The monoisotopic (exact) mass is 356 g/mol. The summed E-state index contributed by atoms with van der Waals surface area (Å²) >= 11 is 5.92. The number of halogens is 1. The number of rotatable bonds is 5. The van der Waals surface area contributed by atoms with Crippen molar-refractivity contribution >= 4 is 29.1 Å². The number of nitrogens with zero attached hydrogens (tertiary/aromatic N) is 1. The Morgan fingerprint density at radius 1 is 1.08 bits per heavy atom. The molecule has 2 aromatic carbocycles. The second-order valence-electron chi connectivity index (χ2n) is 6.48. The maximum atomic E-state index is 12.7. The molecule has 0 bridgehead atoms. The Morgan fingerprint density at radius 2 is 1.68 bits per heavy atom. The number of nitrogens with one attached hydrogen (secondary N) is 1. The van der Waals surface area contributed by atoms with Crippen LogP contribution in [0.15, 0.2) is 48.5 Å². The molecule has 0 aromatic heterocycles. The summed E-state index contributed by atoms with van der Waals surface area (Å²) in [6, 6.07) is 14.5. The molecule has 1 aliphatic rings. The molecule has 2 aromatic rings. The second-order valence-corrected chi connectivity index (χ2v) is 6.92. The normalized spacial score (nSPS) is 14.7. The molecular weight excluding hydrogens is 336 g/mol. The topological polar surface area (TPSA) is 49.4 Å². The molecule has 0 heterocycles. The molecule has 1 atom stereocenters. The molecule has 0 aliphatic heterocycles. The number of carbonyl (C=O) groups is 2. The Labute approximate surface area is 152 Å². The number of benzene rings is 2. The molecule has 5 heteroatoms. The van der Waals surface area contributed by atoms with Crippen LogP contribution in [0.5, 0.6) is 0 Å². The zero-order chi connectivity index (χ0) is 18.0. The SMILES string of the molecule is CC(c1ccc(Cl)cc1)N(C)C(=O)c1ccc(NC(=O)C2CC2)cc1. The van der Waals surface area contributed by atoms with Crippen LogP contribution in [0.3, 0.4) is 0 Å². The Bertz CT molecular complexity index is 767. The molecule has 1 aliphatic carbocycles. The van der Waals surface area contributed by atoms with Crippen molar-refractivity contribution < 1.29 is 9.59 Å². The number of hydrogen-bond acceptors (Lipinski definition) is 2. The Hall–Kier alpha value is -2.33. The zero-order valence-corrected chi connectivity index (χ0v) is 15.1. The van der Waals surface area contributed by atoms with Gasteiger partial charge in [-0.1, -0.05) is 23.7 Å². The highest BCUT2D eigenvalue weighted by Crippen LogP contribution is 2.30. The lowest BCUT2D eigenvalue weighted by molar-refractivity contribution is -0.117. The fourth-order valence-corrected chi connectivity index (χ4v) is 2.76. The predicted molar refractivity (Wildman–Crippen MR) is 99.8 cm³/mol. The van der Waals surface area contributed by atoms with E-state index in [0.717, 1.165) is 24.1 Å². The average molecular weight is 357 g/mol. The molecule has 4 nitrogen and oxygen atoms in total. The van der Waals surface area contributed by atoms with Crippen molar-refractivity contribution in [3.8, 4) is 0 Å². The van der Waals surface area contributed by atoms with Crippen LogP contribution in [0, 0.1) is 5.92 Å². The number of hydrogen-bond donors (Lipinski definition) is 1. The number of amides is 2. The smallest absolute Gasteiger partial charge is 0.254 e. The quantitative estimate of drug-likeness (QED) is 0.856. The van der Waals surface area contributed by atoms with Crippen LogP contribution in [0.4, 0.5) is 5.69 Å². The van der Waals surface area contributed by atoms with Gasteiger partial charge in [-0.05, 0) is 61.7 Å². The highest BCUT2D eigenvalue weighted by Gasteiger charge is 2.29. The van der Waals surface area contributed by atoms with Gasteiger partial charge in [0.2, 0.25) is 5.91 Å².